The summed E-state index contributed by atoms with van der Waals surface area (Å²) in [7, 11) is 1.79. The van der Waals surface area contributed by atoms with Crippen LogP contribution in [0.5, 0.6) is 0 Å². The molecule has 21 heavy (non-hydrogen) atoms. The zero-order chi connectivity index (χ0) is 15.6. The van der Waals surface area contributed by atoms with Crippen LogP contribution in [-0.2, 0) is 6.54 Å². The minimum atomic E-state index is 0.00882. The van der Waals surface area contributed by atoms with Gasteiger partial charge in [0.15, 0.2) is 0 Å². The second-order valence-corrected chi connectivity index (χ2v) is 7.60. The highest BCUT2D eigenvalue weighted by atomic mass is 79.9. The SMILES string of the molecule is Cc1cc(C(=O)N(C)Cc2cccc(C(N)=S)c2)sc1Br. The van der Waals surface area contributed by atoms with Crippen molar-refractivity contribution in [2.75, 3.05) is 7.05 Å². The van der Waals surface area contributed by atoms with E-state index >= 15 is 0 Å². The molecule has 0 radical (unpaired) electrons. The van der Waals surface area contributed by atoms with Gasteiger partial charge in [-0.3, -0.25) is 4.79 Å². The van der Waals surface area contributed by atoms with Gasteiger partial charge in [-0.1, -0.05) is 30.4 Å². The van der Waals surface area contributed by atoms with Crippen molar-refractivity contribution in [1.82, 2.24) is 4.90 Å². The van der Waals surface area contributed by atoms with Gasteiger partial charge in [-0.2, -0.15) is 0 Å². The third kappa shape index (κ3) is 3.90. The second kappa shape index (κ2) is 6.68. The minimum absolute atomic E-state index is 0.00882. The van der Waals surface area contributed by atoms with Crippen LogP contribution in [0.3, 0.4) is 0 Å². The van der Waals surface area contributed by atoms with Crippen LogP contribution in [0.15, 0.2) is 34.1 Å². The van der Waals surface area contributed by atoms with Crippen LogP contribution >= 0.6 is 39.5 Å². The van der Waals surface area contributed by atoms with Crippen molar-refractivity contribution in [2.45, 2.75) is 13.5 Å². The maximum atomic E-state index is 12.4. The molecule has 110 valence electrons. The van der Waals surface area contributed by atoms with E-state index in [2.05, 4.69) is 15.9 Å². The van der Waals surface area contributed by atoms with Crippen molar-refractivity contribution >= 4 is 50.4 Å². The Kier molecular flexibility index (Phi) is 5.13. The van der Waals surface area contributed by atoms with Gasteiger partial charge in [0, 0.05) is 19.2 Å². The molecule has 0 aliphatic carbocycles. The monoisotopic (exact) mass is 382 g/mol. The summed E-state index contributed by atoms with van der Waals surface area (Å²) < 4.78 is 0.995. The van der Waals surface area contributed by atoms with Crippen molar-refractivity contribution in [3.05, 3.63) is 55.7 Å². The normalized spacial score (nSPS) is 10.4. The Morgan fingerprint density at radius 3 is 2.71 bits per heavy atom. The average Bonchev–Trinajstić information content (AvgIpc) is 2.78. The van der Waals surface area contributed by atoms with Gasteiger partial charge in [0.05, 0.1) is 8.66 Å². The first-order valence-corrected chi connectivity index (χ1v) is 8.30. The van der Waals surface area contributed by atoms with E-state index in [0.29, 0.717) is 11.5 Å². The standard InChI is InChI=1S/C15H15BrN2OS2/c1-9-6-12(21-13(9)16)15(19)18(2)8-10-4-3-5-11(7-10)14(17)20/h3-7H,8H2,1-2H3,(H2,17,20). The number of carbonyl (C=O) groups is 1. The van der Waals surface area contributed by atoms with E-state index < -0.39 is 0 Å². The summed E-state index contributed by atoms with van der Waals surface area (Å²) in [5.41, 5.74) is 8.53. The predicted octanol–water partition coefficient (Wildman–Crippen LogP) is 3.73. The number of halogens is 1. The highest BCUT2D eigenvalue weighted by Gasteiger charge is 2.16. The fourth-order valence-electron chi connectivity index (χ4n) is 1.92. The number of carbonyl (C=O) groups excluding carboxylic acids is 1. The van der Waals surface area contributed by atoms with Crippen LogP contribution in [0.25, 0.3) is 0 Å². The Morgan fingerprint density at radius 2 is 2.14 bits per heavy atom. The summed E-state index contributed by atoms with van der Waals surface area (Å²) in [5.74, 6) is 0.00882. The fourth-order valence-corrected chi connectivity index (χ4v) is 3.58. The first-order valence-electron chi connectivity index (χ1n) is 6.28. The Morgan fingerprint density at radius 1 is 1.43 bits per heavy atom. The predicted molar refractivity (Wildman–Crippen MR) is 94.9 cm³/mol. The van der Waals surface area contributed by atoms with Crippen molar-refractivity contribution in [1.29, 1.82) is 0 Å². The molecule has 1 aromatic carbocycles. The lowest BCUT2D eigenvalue weighted by molar-refractivity contribution is 0.0790. The molecule has 1 amide bonds. The zero-order valence-electron chi connectivity index (χ0n) is 11.7. The lowest BCUT2D eigenvalue weighted by Crippen LogP contribution is -2.25. The zero-order valence-corrected chi connectivity index (χ0v) is 14.9. The van der Waals surface area contributed by atoms with E-state index in [0.717, 1.165) is 25.4 Å². The topological polar surface area (TPSA) is 46.3 Å². The van der Waals surface area contributed by atoms with Crippen molar-refractivity contribution < 1.29 is 4.79 Å². The number of hydrogen-bond acceptors (Lipinski definition) is 3. The summed E-state index contributed by atoms with van der Waals surface area (Å²) in [6.45, 7) is 2.49. The number of amides is 1. The van der Waals surface area contributed by atoms with Crippen molar-refractivity contribution in [3.63, 3.8) is 0 Å². The van der Waals surface area contributed by atoms with E-state index in [4.69, 9.17) is 18.0 Å². The van der Waals surface area contributed by atoms with Crippen LogP contribution in [0, 0.1) is 6.92 Å². The Balaban J connectivity index is 2.14. The number of hydrogen-bond donors (Lipinski definition) is 1. The van der Waals surface area contributed by atoms with Crippen molar-refractivity contribution in [2.24, 2.45) is 5.73 Å². The van der Waals surface area contributed by atoms with E-state index in [1.807, 2.05) is 37.3 Å². The highest BCUT2D eigenvalue weighted by molar-refractivity contribution is 9.11. The van der Waals surface area contributed by atoms with Crippen LogP contribution in [0.2, 0.25) is 0 Å². The molecule has 2 aromatic rings. The van der Waals surface area contributed by atoms with Crippen LogP contribution < -0.4 is 5.73 Å². The van der Waals surface area contributed by atoms with Gasteiger partial charge in [0.25, 0.3) is 5.91 Å². The first-order chi connectivity index (χ1) is 9.88. The van der Waals surface area contributed by atoms with Crippen molar-refractivity contribution in [3.8, 4) is 0 Å². The molecule has 0 spiro atoms. The van der Waals surface area contributed by atoms with Crippen LogP contribution in [-0.4, -0.2) is 22.8 Å². The van der Waals surface area contributed by atoms with E-state index in [1.165, 1.54) is 11.3 Å². The van der Waals surface area contributed by atoms with Gasteiger partial charge in [-0.25, -0.2) is 0 Å². The molecule has 0 saturated heterocycles. The third-order valence-corrected chi connectivity index (χ3v) is 5.41. The number of nitrogens with zero attached hydrogens (tertiary/aromatic N) is 1. The van der Waals surface area contributed by atoms with E-state index in [9.17, 15) is 4.79 Å². The smallest absolute Gasteiger partial charge is 0.264 e. The number of nitrogens with two attached hydrogens (primary N) is 1. The lowest BCUT2D eigenvalue weighted by atomic mass is 10.1. The maximum Gasteiger partial charge on any atom is 0.264 e. The maximum absolute atomic E-state index is 12.4. The minimum Gasteiger partial charge on any atom is -0.389 e. The van der Waals surface area contributed by atoms with Gasteiger partial charge in [0.2, 0.25) is 0 Å². The number of thiophene rings is 1. The highest BCUT2D eigenvalue weighted by Crippen LogP contribution is 2.28. The molecule has 0 fully saturated rings. The molecule has 0 unspecified atom stereocenters. The molecule has 2 rings (SSSR count). The quantitative estimate of drug-likeness (QED) is 0.819. The average molecular weight is 383 g/mol. The molecule has 1 aromatic heterocycles. The summed E-state index contributed by atoms with van der Waals surface area (Å²) in [5, 5.41) is 0. The van der Waals surface area contributed by atoms with Gasteiger partial charge in [-0.05, 0) is 46.1 Å². The molecule has 0 saturated carbocycles. The Bertz CT molecular complexity index is 677. The van der Waals surface area contributed by atoms with Gasteiger partial charge < -0.3 is 10.6 Å². The molecule has 2 N–H and O–H groups in total. The molecule has 1 heterocycles. The van der Waals surface area contributed by atoms with Crippen LogP contribution in [0.1, 0.15) is 26.4 Å². The molecular weight excluding hydrogens is 368 g/mol. The first kappa shape index (κ1) is 16.1. The molecule has 3 nitrogen and oxygen atoms in total. The summed E-state index contributed by atoms with van der Waals surface area (Å²) in [4.78, 5) is 15.2. The van der Waals surface area contributed by atoms with E-state index in [1.54, 1.807) is 11.9 Å². The fraction of sp³-hybridized carbons (Fsp3) is 0.200. The van der Waals surface area contributed by atoms with E-state index in [-0.39, 0.29) is 5.91 Å². The molecular formula is C15H15BrN2OS2. The number of aryl methyl sites for hydroxylation is 1. The van der Waals surface area contributed by atoms with Crippen LogP contribution in [0.4, 0.5) is 0 Å². The molecule has 0 atom stereocenters. The number of benzene rings is 1. The second-order valence-electron chi connectivity index (χ2n) is 4.79. The largest absolute Gasteiger partial charge is 0.389 e. The molecule has 0 bridgehead atoms. The Hall–Kier alpha value is -1.24. The lowest BCUT2D eigenvalue weighted by Gasteiger charge is -2.16. The number of rotatable bonds is 4. The number of thiocarbonyl (C=S) groups is 1. The molecule has 0 aliphatic heterocycles. The summed E-state index contributed by atoms with van der Waals surface area (Å²) in [6, 6.07) is 9.54. The molecule has 0 aliphatic rings. The summed E-state index contributed by atoms with van der Waals surface area (Å²) >= 11 is 9.87. The van der Waals surface area contributed by atoms with Gasteiger partial charge >= 0.3 is 0 Å². The Labute approximate surface area is 141 Å². The third-order valence-electron chi connectivity index (χ3n) is 3.05. The summed E-state index contributed by atoms with van der Waals surface area (Å²) in [6.07, 6.45) is 0. The van der Waals surface area contributed by atoms with Gasteiger partial charge in [-0.15, -0.1) is 11.3 Å². The molecule has 6 heteroatoms. The van der Waals surface area contributed by atoms with Gasteiger partial charge in [0.1, 0.15) is 4.99 Å².